The van der Waals surface area contributed by atoms with E-state index < -0.39 is 0 Å². The van der Waals surface area contributed by atoms with Gasteiger partial charge in [0.1, 0.15) is 0 Å². The Kier molecular flexibility index (Phi) is 4.09. The predicted molar refractivity (Wildman–Crippen MR) is 88.7 cm³/mol. The van der Waals surface area contributed by atoms with E-state index in [1.807, 2.05) is 24.3 Å². The van der Waals surface area contributed by atoms with E-state index in [4.69, 9.17) is 9.47 Å². The highest BCUT2D eigenvalue weighted by Crippen LogP contribution is 2.57. The second kappa shape index (κ2) is 5.63. The highest BCUT2D eigenvalue weighted by Gasteiger charge is 2.65. The largest absolute Gasteiger partial charge is 0.370 e. The molecule has 22 heavy (non-hydrogen) atoms. The van der Waals surface area contributed by atoms with Crippen LogP contribution in [-0.4, -0.2) is 22.1 Å². The first-order valence-electron chi connectivity index (χ1n) is 7.85. The van der Waals surface area contributed by atoms with E-state index in [1.54, 1.807) is 0 Å². The van der Waals surface area contributed by atoms with E-state index in [0.717, 1.165) is 18.4 Å². The minimum absolute atomic E-state index is 0.0791. The molecule has 0 amide bonds. The van der Waals surface area contributed by atoms with Gasteiger partial charge in [-0.3, -0.25) is 0 Å². The van der Waals surface area contributed by atoms with Gasteiger partial charge in [0, 0.05) is 11.2 Å². The van der Waals surface area contributed by atoms with Gasteiger partial charge in [0.2, 0.25) is 0 Å². The average Bonchev–Trinajstić information content (AvgIpc) is 2.93. The Morgan fingerprint density at radius 3 is 2.77 bits per heavy atom. The van der Waals surface area contributed by atoms with Crippen LogP contribution in [0.15, 0.2) is 24.3 Å². The molecule has 0 unspecified atom stereocenters. The van der Waals surface area contributed by atoms with Crippen LogP contribution in [0, 0.1) is 17.2 Å². The maximum Gasteiger partial charge on any atom is 0.0995 e. The van der Waals surface area contributed by atoms with Crippen LogP contribution in [0.5, 0.6) is 0 Å². The topological polar surface area (TPSA) is 42.2 Å². The van der Waals surface area contributed by atoms with E-state index in [1.165, 1.54) is 0 Å². The van der Waals surface area contributed by atoms with Crippen LogP contribution in [0.3, 0.4) is 0 Å². The second-order valence-electron chi connectivity index (χ2n) is 6.97. The van der Waals surface area contributed by atoms with Gasteiger partial charge in [-0.25, -0.2) is 0 Å². The molecule has 0 aliphatic carbocycles. The molecule has 1 aromatic carbocycles. The number of benzene rings is 1. The summed E-state index contributed by atoms with van der Waals surface area (Å²) < 4.78 is 12.6. The van der Waals surface area contributed by atoms with Crippen molar-refractivity contribution in [2.24, 2.45) is 5.92 Å². The van der Waals surface area contributed by atoms with Crippen LogP contribution >= 0.6 is 15.9 Å². The van der Waals surface area contributed by atoms with Crippen molar-refractivity contribution in [3.05, 3.63) is 35.4 Å². The van der Waals surface area contributed by atoms with Gasteiger partial charge < -0.3 is 9.47 Å². The normalized spacial score (nSPS) is 36.7. The second-order valence-corrected chi connectivity index (χ2v) is 8.07. The van der Waals surface area contributed by atoms with Crippen molar-refractivity contribution in [2.75, 3.05) is 0 Å². The fourth-order valence-electron chi connectivity index (χ4n) is 3.84. The molecule has 0 N–H and O–H groups in total. The molecule has 2 aliphatic rings. The highest BCUT2D eigenvalue weighted by molar-refractivity contribution is 9.09. The van der Waals surface area contributed by atoms with E-state index in [2.05, 4.69) is 42.8 Å². The summed E-state index contributed by atoms with van der Waals surface area (Å²) >= 11 is 3.81. The van der Waals surface area contributed by atoms with E-state index >= 15 is 0 Å². The Morgan fingerprint density at radius 1 is 1.41 bits per heavy atom. The lowest BCUT2D eigenvalue weighted by Crippen LogP contribution is -2.44. The molecule has 3 rings (SSSR count). The summed E-state index contributed by atoms with van der Waals surface area (Å²) in [7, 11) is 0. The standard InChI is InChI=1S/C18H22BrNO2/c1-12(2)18-9-16(17(3,22-18)8-15(18)19)21-11-14-7-5-4-6-13(14)10-20/h4-7,12,15-16H,8-9,11H2,1-3H3/t15-,16+,17-,18+/m1/s1. The lowest BCUT2D eigenvalue weighted by molar-refractivity contribution is -0.0955. The van der Waals surface area contributed by atoms with Gasteiger partial charge in [0.15, 0.2) is 0 Å². The van der Waals surface area contributed by atoms with Gasteiger partial charge >= 0.3 is 0 Å². The Balaban J connectivity index is 1.74. The number of hydrogen-bond acceptors (Lipinski definition) is 3. The Labute approximate surface area is 140 Å². The number of nitrogens with zero attached hydrogens (tertiary/aromatic N) is 1. The summed E-state index contributed by atoms with van der Waals surface area (Å²) in [5.74, 6) is 0.443. The van der Waals surface area contributed by atoms with Gasteiger partial charge in [-0.05, 0) is 30.9 Å². The van der Waals surface area contributed by atoms with Gasteiger partial charge in [-0.15, -0.1) is 0 Å². The maximum absolute atomic E-state index is 9.18. The first-order valence-corrected chi connectivity index (χ1v) is 8.77. The summed E-state index contributed by atoms with van der Waals surface area (Å²) in [6.07, 6.45) is 1.96. The molecule has 4 heteroatoms. The number of nitriles is 1. The first-order chi connectivity index (χ1) is 10.4. The molecule has 118 valence electrons. The third-order valence-corrected chi connectivity index (χ3v) is 6.38. The molecular weight excluding hydrogens is 342 g/mol. The monoisotopic (exact) mass is 363 g/mol. The van der Waals surface area contributed by atoms with Crippen molar-refractivity contribution in [3.8, 4) is 6.07 Å². The molecule has 2 saturated heterocycles. The van der Waals surface area contributed by atoms with Crippen LogP contribution in [-0.2, 0) is 16.1 Å². The molecule has 0 spiro atoms. The van der Waals surface area contributed by atoms with Crippen molar-refractivity contribution >= 4 is 15.9 Å². The summed E-state index contributed by atoms with van der Waals surface area (Å²) in [6.45, 7) is 7.05. The smallest absolute Gasteiger partial charge is 0.0995 e. The number of alkyl halides is 1. The van der Waals surface area contributed by atoms with Crippen molar-refractivity contribution in [1.82, 2.24) is 0 Å². The quantitative estimate of drug-likeness (QED) is 0.753. The van der Waals surface area contributed by atoms with Gasteiger partial charge in [-0.1, -0.05) is 48.0 Å². The maximum atomic E-state index is 9.18. The third-order valence-electron chi connectivity index (χ3n) is 5.28. The number of hydrogen-bond donors (Lipinski definition) is 0. The zero-order valence-corrected chi connectivity index (χ0v) is 14.9. The molecule has 2 heterocycles. The summed E-state index contributed by atoms with van der Waals surface area (Å²) in [5, 5.41) is 9.18. The summed E-state index contributed by atoms with van der Waals surface area (Å²) in [4.78, 5) is 0.385. The summed E-state index contributed by atoms with van der Waals surface area (Å²) in [5.41, 5.74) is 1.27. The number of rotatable bonds is 4. The molecule has 2 aliphatic heterocycles. The van der Waals surface area contributed by atoms with E-state index in [-0.39, 0.29) is 17.3 Å². The van der Waals surface area contributed by atoms with Gasteiger partial charge in [-0.2, -0.15) is 5.26 Å². The van der Waals surface area contributed by atoms with Gasteiger partial charge in [0.25, 0.3) is 0 Å². The van der Waals surface area contributed by atoms with Crippen molar-refractivity contribution in [2.45, 2.75) is 62.4 Å². The van der Waals surface area contributed by atoms with Crippen LogP contribution < -0.4 is 0 Å². The van der Waals surface area contributed by atoms with Gasteiger partial charge in [0.05, 0.1) is 35.5 Å². The zero-order chi connectivity index (χ0) is 16.0. The molecule has 2 fully saturated rings. The lowest BCUT2D eigenvalue weighted by Gasteiger charge is -2.35. The van der Waals surface area contributed by atoms with Crippen LogP contribution in [0.2, 0.25) is 0 Å². The van der Waals surface area contributed by atoms with Crippen LogP contribution in [0.4, 0.5) is 0 Å². The molecule has 0 aromatic heterocycles. The number of fused-ring (bicyclic) bond motifs is 2. The lowest BCUT2D eigenvalue weighted by atomic mass is 9.75. The SMILES string of the molecule is CC(C)[C@@]12C[C@H](OCc3ccccc3C#N)[C@@](C)(C[C@H]1Br)O2. The Bertz CT molecular complexity index is 611. The predicted octanol–water partition coefficient (Wildman–Crippen LogP) is 4.18. The molecule has 0 radical (unpaired) electrons. The third kappa shape index (κ3) is 2.40. The van der Waals surface area contributed by atoms with Crippen LogP contribution in [0.1, 0.15) is 44.7 Å². The minimum atomic E-state index is -0.236. The summed E-state index contributed by atoms with van der Waals surface area (Å²) in [6, 6.07) is 9.85. The molecule has 0 saturated carbocycles. The van der Waals surface area contributed by atoms with Crippen molar-refractivity contribution in [3.63, 3.8) is 0 Å². The fourth-order valence-corrected chi connectivity index (χ4v) is 5.29. The number of halogens is 1. The molecule has 4 atom stereocenters. The molecule has 2 bridgehead atoms. The molecular formula is C18H22BrNO2. The molecule has 3 nitrogen and oxygen atoms in total. The van der Waals surface area contributed by atoms with Crippen molar-refractivity contribution < 1.29 is 9.47 Å². The zero-order valence-electron chi connectivity index (χ0n) is 13.3. The highest BCUT2D eigenvalue weighted by atomic mass is 79.9. The van der Waals surface area contributed by atoms with E-state index in [9.17, 15) is 5.26 Å². The minimum Gasteiger partial charge on any atom is -0.370 e. The van der Waals surface area contributed by atoms with E-state index in [0.29, 0.717) is 22.9 Å². The fraction of sp³-hybridized carbons (Fsp3) is 0.611. The first kappa shape index (κ1) is 16.0. The molecule has 1 aromatic rings. The average molecular weight is 364 g/mol. The number of ether oxygens (including phenoxy) is 2. The Morgan fingerprint density at radius 2 is 2.14 bits per heavy atom. The van der Waals surface area contributed by atoms with Crippen LogP contribution in [0.25, 0.3) is 0 Å². The Hall–Kier alpha value is -0.890. The van der Waals surface area contributed by atoms with Crippen molar-refractivity contribution in [1.29, 1.82) is 5.26 Å².